The summed E-state index contributed by atoms with van der Waals surface area (Å²) in [4.78, 5) is 51.8. The summed E-state index contributed by atoms with van der Waals surface area (Å²) in [6.07, 6.45) is -1.26. The average molecular weight is 442 g/mol. The molecule has 4 rings (SSSR count). The lowest BCUT2D eigenvalue weighted by atomic mass is 10.1. The molecule has 1 aliphatic rings. The zero-order valence-electron chi connectivity index (χ0n) is 18.2. The summed E-state index contributed by atoms with van der Waals surface area (Å²) >= 11 is 0. The summed E-state index contributed by atoms with van der Waals surface area (Å²) < 4.78 is 5.50. The lowest BCUT2D eigenvalue weighted by Crippen LogP contribution is -2.37. The van der Waals surface area contributed by atoms with Crippen LogP contribution in [0.2, 0.25) is 0 Å². The van der Waals surface area contributed by atoms with Crippen molar-refractivity contribution in [2.45, 2.75) is 20.0 Å². The molecule has 33 heavy (non-hydrogen) atoms. The summed E-state index contributed by atoms with van der Waals surface area (Å²) in [6, 6.07) is 20.6. The van der Waals surface area contributed by atoms with Crippen molar-refractivity contribution in [2.75, 3.05) is 11.9 Å². The Bertz CT molecular complexity index is 1220. The molecule has 1 atom stereocenters. The second-order valence-corrected chi connectivity index (χ2v) is 7.83. The van der Waals surface area contributed by atoms with E-state index in [0.29, 0.717) is 11.3 Å². The maximum atomic E-state index is 13.1. The van der Waals surface area contributed by atoms with Gasteiger partial charge in [-0.15, -0.1) is 0 Å². The fourth-order valence-corrected chi connectivity index (χ4v) is 3.65. The lowest BCUT2D eigenvalue weighted by Gasteiger charge is -2.20. The van der Waals surface area contributed by atoms with Gasteiger partial charge in [-0.3, -0.25) is 24.1 Å². The fraction of sp³-hybridized carbons (Fsp3) is 0.154. The number of carbonyl (C=O) groups excluding carboxylic acids is 4. The van der Waals surface area contributed by atoms with E-state index in [1.54, 1.807) is 42.5 Å². The molecule has 3 amide bonds. The second-order valence-electron chi connectivity index (χ2n) is 7.83. The average Bonchev–Trinajstić information content (AvgIpc) is 3.05. The number of nitrogens with one attached hydrogen (secondary N) is 1. The molecule has 1 unspecified atom stereocenters. The Hall–Kier alpha value is -4.26. The fourth-order valence-electron chi connectivity index (χ4n) is 3.65. The van der Waals surface area contributed by atoms with Gasteiger partial charge < -0.3 is 10.1 Å². The number of benzene rings is 3. The van der Waals surface area contributed by atoms with Gasteiger partial charge >= 0.3 is 5.97 Å². The molecule has 0 aliphatic carbocycles. The van der Waals surface area contributed by atoms with Crippen molar-refractivity contribution in [1.29, 1.82) is 0 Å². The molecule has 3 aromatic rings. The Kier molecular flexibility index (Phi) is 6.04. The van der Waals surface area contributed by atoms with Crippen molar-refractivity contribution in [3.05, 3.63) is 101 Å². The highest BCUT2D eigenvalue weighted by Crippen LogP contribution is 2.25. The molecule has 0 fully saturated rings. The van der Waals surface area contributed by atoms with Crippen LogP contribution in [0.25, 0.3) is 0 Å². The molecule has 0 saturated heterocycles. The van der Waals surface area contributed by atoms with Gasteiger partial charge in [0.25, 0.3) is 17.7 Å². The zero-order chi connectivity index (χ0) is 23.5. The maximum absolute atomic E-state index is 13.1. The highest BCUT2D eigenvalue weighted by molar-refractivity contribution is 6.22. The third kappa shape index (κ3) is 4.52. The number of hydrogen-bond acceptors (Lipinski definition) is 5. The number of aryl methyl sites for hydroxylation is 2. The third-order valence-electron chi connectivity index (χ3n) is 5.41. The van der Waals surface area contributed by atoms with Gasteiger partial charge in [0.05, 0.1) is 11.1 Å². The van der Waals surface area contributed by atoms with Gasteiger partial charge in [0.1, 0.15) is 6.54 Å². The SMILES string of the molecule is Cc1ccc(C)c(NC(=O)C(OC(=O)CN2C(=O)c3ccccc3C2=O)c2ccccc2)c1. The van der Waals surface area contributed by atoms with Gasteiger partial charge in [-0.25, -0.2) is 0 Å². The molecule has 0 radical (unpaired) electrons. The first-order valence-electron chi connectivity index (χ1n) is 10.4. The van der Waals surface area contributed by atoms with Crippen LogP contribution >= 0.6 is 0 Å². The number of ether oxygens (including phenoxy) is 1. The third-order valence-corrected chi connectivity index (χ3v) is 5.41. The minimum absolute atomic E-state index is 0.238. The summed E-state index contributed by atoms with van der Waals surface area (Å²) in [5, 5.41) is 2.82. The van der Waals surface area contributed by atoms with Crippen molar-refractivity contribution in [2.24, 2.45) is 0 Å². The Morgan fingerprint density at radius 1 is 0.879 bits per heavy atom. The van der Waals surface area contributed by atoms with Crippen LogP contribution < -0.4 is 5.32 Å². The van der Waals surface area contributed by atoms with E-state index >= 15 is 0 Å². The number of hydrogen-bond donors (Lipinski definition) is 1. The predicted molar refractivity (Wildman–Crippen MR) is 122 cm³/mol. The molecule has 3 aromatic carbocycles. The number of amides is 3. The van der Waals surface area contributed by atoms with Crippen molar-refractivity contribution in [3.63, 3.8) is 0 Å². The van der Waals surface area contributed by atoms with Crippen LogP contribution in [0.15, 0.2) is 72.8 Å². The molecule has 1 aliphatic heterocycles. The molecule has 1 heterocycles. The summed E-state index contributed by atoms with van der Waals surface area (Å²) in [6.45, 7) is 3.18. The number of anilines is 1. The van der Waals surface area contributed by atoms with Crippen LogP contribution in [0.3, 0.4) is 0 Å². The quantitative estimate of drug-likeness (QED) is 0.463. The second kappa shape index (κ2) is 9.08. The number of rotatable bonds is 6. The van der Waals surface area contributed by atoms with E-state index in [4.69, 9.17) is 4.74 Å². The topological polar surface area (TPSA) is 92.8 Å². The van der Waals surface area contributed by atoms with Crippen molar-refractivity contribution >= 4 is 29.4 Å². The molecule has 0 aromatic heterocycles. The maximum Gasteiger partial charge on any atom is 0.327 e. The van der Waals surface area contributed by atoms with E-state index in [-0.39, 0.29) is 11.1 Å². The van der Waals surface area contributed by atoms with Gasteiger partial charge in [-0.2, -0.15) is 0 Å². The van der Waals surface area contributed by atoms with Crippen LogP contribution in [0.1, 0.15) is 43.5 Å². The van der Waals surface area contributed by atoms with Gasteiger partial charge in [0, 0.05) is 11.3 Å². The number of esters is 1. The number of carbonyl (C=O) groups is 4. The summed E-state index contributed by atoms with van der Waals surface area (Å²) in [5.74, 6) is -2.53. The number of nitrogens with zero attached hydrogens (tertiary/aromatic N) is 1. The largest absolute Gasteiger partial charge is 0.446 e. The van der Waals surface area contributed by atoms with Crippen LogP contribution in [-0.2, 0) is 14.3 Å². The first-order chi connectivity index (χ1) is 15.8. The van der Waals surface area contributed by atoms with E-state index in [1.165, 1.54) is 12.1 Å². The van der Waals surface area contributed by atoms with Gasteiger partial charge in [0.15, 0.2) is 0 Å². The van der Waals surface area contributed by atoms with Crippen LogP contribution in [0.5, 0.6) is 0 Å². The minimum Gasteiger partial charge on any atom is -0.446 e. The van der Waals surface area contributed by atoms with E-state index in [2.05, 4.69) is 5.32 Å². The highest BCUT2D eigenvalue weighted by Gasteiger charge is 2.37. The number of fused-ring (bicyclic) bond motifs is 1. The predicted octanol–water partition coefficient (Wildman–Crippen LogP) is 3.82. The van der Waals surface area contributed by atoms with Gasteiger partial charge in [0.2, 0.25) is 6.10 Å². The molecular formula is C26H22N2O5. The Balaban J connectivity index is 1.53. The molecule has 0 saturated carbocycles. The molecule has 0 spiro atoms. The molecule has 1 N–H and O–H groups in total. The minimum atomic E-state index is -1.26. The van der Waals surface area contributed by atoms with Crippen LogP contribution in [-0.4, -0.2) is 35.1 Å². The van der Waals surface area contributed by atoms with E-state index < -0.39 is 36.3 Å². The van der Waals surface area contributed by atoms with E-state index in [9.17, 15) is 19.2 Å². The Morgan fingerprint density at radius 3 is 2.12 bits per heavy atom. The molecule has 166 valence electrons. The van der Waals surface area contributed by atoms with Gasteiger partial charge in [-0.05, 0) is 43.2 Å². The zero-order valence-corrected chi connectivity index (χ0v) is 18.2. The highest BCUT2D eigenvalue weighted by atomic mass is 16.5. The standard InChI is InChI=1S/C26H22N2O5/c1-16-12-13-17(2)21(14-16)27-24(30)23(18-8-4-3-5-9-18)33-22(29)15-28-25(31)19-10-6-7-11-20(19)26(28)32/h3-14,23H,15H2,1-2H3,(H,27,30). The van der Waals surface area contributed by atoms with Crippen LogP contribution in [0, 0.1) is 13.8 Å². The molecule has 7 heteroatoms. The summed E-state index contributed by atoms with van der Waals surface area (Å²) in [7, 11) is 0. The van der Waals surface area contributed by atoms with Crippen molar-refractivity contribution < 1.29 is 23.9 Å². The first-order valence-corrected chi connectivity index (χ1v) is 10.4. The lowest BCUT2D eigenvalue weighted by molar-refractivity contribution is -0.154. The number of imide groups is 1. The van der Waals surface area contributed by atoms with Gasteiger partial charge in [-0.1, -0.05) is 54.6 Å². The first kappa shape index (κ1) is 22.0. The monoisotopic (exact) mass is 442 g/mol. The normalized spacial score (nSPS) is 13.5. The molecule has 7 nitrogen and oxygen atoms in total. The molecule has 0 bridgehead atoms. The van der Waals surface area contributed by atoms with Crippen molar-refractivity contribution in [3.8, 4) is 0 Å². The smallest absolute Gasteiger partial charge is 0.327 e. The Morgan fingerprint density at radius 2 is 1.48 bits per heavy atom. The van der Waals surface area contributed by atoms with E-state index in [1.807, 2.05) is 32.0 Å². The van der Waals surface area contributed by atoms with Crippen molar-refractivity contribution in [1.82, 2.24) is 4.90 Å². The van der Waals surface area contributed by atoms with E-state index in [0.717, 1.165) is 16.0 Å². The Labute approximate surface area is 191 Å². The summed E-state index contributed by atoms with van der Waals surface area (Å²) in [5.41, 5.74) is 3.38. The molecular weight excluding hydrogens is 420 g/mol. The van der Waals surface area contributed by atoms with Crippen LogP contribution in [0.4, 0.5) is 5.69 Å².